The number of carbonyl (C=O) groups excluding carboxylic acids is 1. The van der Waals surface area contributed by atoms with Crippen LogP contribution in [0.2, 0.25) is 0 Å². The largest absolute Gasteiger partial charge is 0.378 e. The molecule has 126 valence electrons. The highest BCUT2D eigenvalue weighted by Gasteiger charge is 2.17. The van der Waals surface area contributed by atoms with Gasteiger partial charge in [-0.25, -0.2) is 0 Å². The van der Waals surface area contributed by atoms with Gasteiger partial charge in [-0.2, -0.15) is 0 Å². The first-order valence-electron chi connectivity index (χ1n) is 7.97. The van der Waals surface area contributed by atoms with Gasteiger partial charge in [0.2, 0.25) is 0 Å². The number of halogens is 2. The molecule has 3 rings (SSSR count). The summed E-state index contributed by atoms with van der Waals surface area (Å²) in [5.74, 6) is 0.123. The van der Waals surface area contributed by atoms with E-state index in [9.17, 15) is 4.79 Å². The third-order valence-corrected chi connectivity index (χ3v) is 5.00. The molecule has 0 heterocycles. The van der Waals surface area contributed by atoms with Gasteiger partial charge in [0.25, 0.3) is 0 Å². The van der Waals surface area contributed by atoms with Gasteiger partial charge in [0.05, 0.1) is 6.04 Å². The molecule has 3 aromatic rings. The van der Waals surface area contributed by atoms with Crippen LogP contribution in [-0.4, -0.2) is 5.78 Å². The van der Waals surface area contributed by atoms with Crippen LogP contribution in [0.3, 0.4) is 0 Å². The lowest BCUT2D eigenvalue weighted by atomic mass is 9.97. The predicted octanol–water partition coefficient (Wildman–Crippen LogP) is 6.64. The van der Waals surface area contributed by atoms with Crippen LogP contribution in [0.25, 0.3) is 0 Å². The summed E-state index contributed by atoms with van der Waals surface area (Å²) in [6.45, 7) is 0. The fraction of sp³-hybridized carbons (Fsp3) is 0.0952. The molecule has 1 N–H and O–H groups in total. The van der Waals surface area contributed by atoms with Crippen LogP contribution in [0.15, 0.2) is 87.8 Å². The van der Waals surface area contributed by atoms with Crippen LogP contribution in [-0.2, 0) is 0 Å². The Balaban J connectivity index is 1.84. The Morgan fingerprint density at radius 1 is 0.800 bits per heavy atom. The van der Waals surface area contributed by atoms with Gasteiger partial charge in [-0.3, -0.25) is 4.79 Å². The zero-order valence-electron chi connectivity index (χ0n) is 13.5. The Hall–Kier alpha value is -1.91. The van der Waals surface area contributed by atoms with E-state index in [0.29, 0.717) is 6.42 Å². The summed E-state index contributed by atoms with van der Waals surface area (Å²) in [4.78, 5) is 12.7. The average molecular weight is 459 g/mol. The first-order valence-corrected chi connectivity index (χ1v) is 9.56. The third kappa shape index (κ3) is 5.03. The zero-order chi connectivity index (χ0) is 17.6. The number of benzene rings is 3. The Morgan fingerprint density at radius 2 is 1.36 bits per heavy atom. The van der Waals surface area contributed by atoms with E-state index in [1.807, 2.05) is 78.9 Å². The van der Waals surface area contributed by atoms with Crippen LogP contribution in [0.5, 0.6) is 0 Å². The maximum absolute atomic E-state index is 12.7. The van der Waals surface area contributed by atoms with Gasteiger partial charge in [-0.15, -0.1) is 0 Å². The number of ketones is 1. The summed E-state index contributed by atoms with van der Waals surface area (Å²) in [6, 6.07) is 25.4. The maximum Gasteiger partial charge on any atom is 0.165 e. The molecule has 1 unspecified atom stereocenters. The van der Waals surface area contributed by atoms with Crippen molar-refractivity contribution in [3.05, 3.63) is 98.9 Å². The molecule has 0 spiro atoms. The van der Waals surface area contributed by atoms with Crippen LogP contribution < -0.4 is 5.32 Å². The molecular weight excluding hydrogens is 442 g/mol. The Morgan fingerprint density at radius 3 is 1.96 bits per heavy atom. The number of carbonyl (C=O) groups is 1. The lowest BCUT2D eigenvalue weighted by Gasteiger charge is -2.20. The molecule has 0 amide bonds. The topological polar surface area (TPSA) is 29.1 Å². The Kier molecular flexibility index (Phi) is 6.05. The van der Waals surface area contributed by atoms with Crippen molar-refractivity contribution in [2.24, 2.45) is 0 Å². The molecular formula is C21H17Br2NO. The third-order valence-electron chi connectivity index (χ3n) is 3.94. The van der Waals surface area contributed by atoms with Gasteiger partial charge in [-0.05, 0) is 42.0 Å². The predicted molar refractivity (Wildman–Crippen MR) is 110 cm³/mol. The lowest BCUT2D eigenvalue weighted by Crippen LogP contribution is -2.15. The second-order valence-corrected chi connectivity index (χ2v) is 7.58. The molecule has 0 aliphatic carbocycles. The summed E-state index contributed by atoms with van der Waals surface area (Å²) < 4.78 is 2.05. The highest BCUT2D eigenvalue weighted by molar-refractivity contribution is 9.10. The number of Topliss-reactive ketones (excluding diaryl/α,β-unsaturated/α-hetero) is 1. The number of nitrogens with one attached hydrogen (secondary N) is 1. The van der Waals surface area contributed by atoms with E-state index in [0.717, 1.165) is 25.8 Å². The number of hydrogen-bond donors (Lipinski definition) is 1. The Bertz CT molecular complexity index is 830. The van der Waals surface area contributed by atoms with Crippen molar-refractivity contribution >= 4 is 43.3 Å². The van der Waals surface area contributed by atoms with E-state index in [4.69, 9.17) is 0 Å². The molecule has 0 aliphatic rings. The molecule has 2 nitrogen and oxygen atoms in total. The normalized spacial score (nSPS) is 11.8. The molecule has 4 heteroatoms. The second-order valence-electron chi connectivity index (χ2n) is 5.75. The van der Waals surface area contributed by atoms with Gasteiger partial charge < -0.3 is 5.32 Å². The fourth-order valence-electron chi connectivity index (χ4n) is 2.62. The van der Waals surface area contributed by atoms with Gasteiger partial charge in [-0.1, -0.05) is 74.3 Å². The lowest BCUT2D eigenvalue weighted by molar-refractivity contribution is 0.0976. The smallest absolute Gasteiger partial charge is 0.165 e. The van der Waals surface area contributed by atoms with Crippen LogP contribution >= 0.6 is 31.9 Å². The summed E-state index contributed by atoms with van der Waals surface area (Å²) in [7, 11) is 0. The van der Waals surface area contributed by atoms with Crippen molar-refractivity contribution < 1.29 is 4.79 Å². The monoisotopic (exact) mass is 457 g/mol. The van der Waals surface area contributed by atoms with Gasteiger partial charge in [0, 0.05) is 26.6 Å². The Labute approximate surface area is 164 Å². The van der Waals surface area contributed by atoms with E-state index in [-0.39, 0.29) is 11.8 Å². The minimum atomic E-state index is -0.0954. The van der Waals surface area contributed by atoms with Crippen molar-refractivity contribution in [2.45, 2.75) is 12.5 Å². The second kappa shape index (κ2) is 8.45. The molecule has 3 aromatic carbocycles. The van der Waals surface area contributed by atoms with E-state index < -0.39 is 0 Å². The average Bonchev–Trinajstić information content (AvgIpc) is 2.64. The standard InChI is InChI=1S/C21H17Br2NO/c22-17-8-6-15(7-9-17)20(24-19-12-10-18(23)11-13-19)14-21(25)16-4-2-1-3-5-16/h1-13,20,24H,14H2. The molecule has 0 radical (unpaired) electrons. The first-order chi connectivity index (χ1) is 12.1. The molecule has 0 saturated carbocycles. The zero-order valence-corrected chi connectivity index (χ0v) is 16.6. The highest BCUT2D eigenvalue weighted by atomic mass is 79.9. The molecule has 1 atom stereocenters. The molecule has 0 aliphatic heterocycles. The number of anilines is 1. The summed E-state index contributed by atoms with van der Waals surface area (Å²) >= 11 is 6.91. The van der Waals surface area contributed by atoms with Gasteiger partial charge >= 0.3 is 0 Å². The van der Waals surface area contributed by atoms with Crippen LogP contribution in [0.1, 0.15) is 28.4 Å². The minimum Gasteiger partial charge on any atom is -0.378 e. The molecule has 0 bridgehead atoms. The summed E-state index contributed by atoms with van der Waals surface area (Å²) in [5, 5.41) is 3.49. The summed E-state index contributed by atoms with van der Waals surface area (Å²) in [5.41, 5.74) is 2.80. The SMILES string of the molecule is O=C(CC(Nc1ccc(Br)cc1)c1ccc(Br)cc1)c1ccccc1. The highest BCUT2D eigenvalue weighted by Crippen LogP contribution is 2.26. The van der Waals surface area contributed by atoms with Crippen molar-refractivity contribution in [3.63, 3.8) is 0 Å². The number of rotatable bonds is 6. The summed E-state index contributed by atoms with van der Waals surface area (Å²) in [6.07, 6.45) is 0.391. The van der Waals surface area contributed by atoms with E-state index in [2.05, 4.69) is 37.2 Å². The fourth-order valence-corrected chi connectivity index (χ4v) is 3.15. The van der Waals surface area contributed by atoms with E-state index in [1.54, 1.807) is 0 Å². The first kappa shape index (κ1) is 17.9. The van der Waals surface area contributed by atoms with Gasteiger partial charge in [0.1, 0.15) is 0 Å². The van der Waals surface area contributed by atoms with E-state index in [1.165, 1.54) is 0 Å². The van der Waals surface area contributed by atoms with Crippen LogP contribution in [0, 0.1) is 0 Å². The maximum atomic E-state index is 12.7. The molecule has 0 aromatic heterocycles. The molecule has 0 fully saturated rings. The molecule has 0 saturated heterocycles. The number of hydrogen-bond acceptors (Lipinski definition) is 2. The van der Waals surface area contributed by atoms with Gasteiger partial charge in [0.15, 0.2) is 5.78 Å². The van der Waals surface area contributed by atoms with E-state index >= 15 is 0 Å². The van der Waals surface area contributed by atoms with Crippen molar-refractivity contribution in [1.29, 1.82) is 0 Å². The van der Waals surface area contributed by atoms with Crippen molar-refractivity contribution in [1.82, 2.24) is 0 Å². The van der Waals surface area contributed by atoms with Crippen molar-refractivity contribution in [3.8, 4) is 0 Å². The van der Waals surface area contributed by atoms with Crippen molar-refractivity contribution in [2.75, 3.05) is 5.32 Å². The minimum absolute atomic E-state index is 0.0954. The van der Waals surface area contributed by atoms with Crippen LogP contribution in [0.4, 0.5) is 5.69 Å². The molecule has 25 heavy (non-hydrogen) atoms. The quantitative estimate of drug-likeness (QED) is 0.419.